The van der Waals surface area contributed by atoms with Gasteiger partial charge in [0.2, 0.25) is 0 Å². The third-order valence-corrected chi connectivity index (χ3v) is 3.78. The largest absolute Gasteiger partial charge is 0.506 e. The van der Waals surface area contributed by atoms with Crippen molar-refractivity contribution < 1.29 is 9.32 Å². The van der Waals surface area contributed by atoms with Crippen molar-refractivity contribution in [3.8, 4) is 28.3 Å². The lowest BCUT2D eigenvalue weighted by Gasteiger charge is -2.04. The monoisotopic (exact) mass is 392 g/mol. The second-order valence-corrected chi connectivity index (χ2v) is 7.31. The van der Waals surface area contributed by atoms with Gasteiger partial charge in [-0.2, -0.15) is 0 Å². The van der Waals surface area contributed by atoms with Crippen molar-refractivity contribution in [2.24, 2.45) is 5.14 Å². The number of H-pyrrole nitrogens is 1. The van der Waals surface area contributed by atoms with Crippen LogP contribution in [0.15, 0.2) is 42.7 Å². The maximum Gasteiger partial charge on any atom is 0.134 e. The molecule has 1 aromatic carbocycles. The average Bonchev–Trinajstić information content (AvgIpc) is 3.03. The van der Waals surface area contributed by atoms with Crippen LogP contribution in [0.1, 0.15) is 25.6 Å². The first kappa shape index (κ1) is 20.1. The zero-order valence-electron chi connectivity index (χ0n) is 14.7. The molecular formula is C18H21ClN4O2S. The van der Waals surface area contributed by atoms with Crippen LogP contribution >= 0.6 is 11.6 Å². The summed E-state index contributed by atoms with van der Waals surface area (Å²) in [4.78, 5) is 12.1. The predicted molar refractivity (Wildman–Crippen MR) is 106 cm³/mol. The van der Waals surface area contributed by atoms with Gasteiger partial charge in [0.25, 0.3) is 0 Å². The fourth-order valence-corrected chi connectivity index (χ4v) is 2.38. The molecule has 0 radical (unpaired) electrons. The highest BCUT2D eigenvalue weighted by Crippen LogP contribution is 2.35. The molecule has 6 nitrogen and oxygen atoms in total. The Labute approximate surface area is 160 Å². The Morgan fingerprint density at radius 2 is 1.81 bits per heavy atom. The second-order valence-electron chi connectivity index (χ2n) is 5.90. The summed E-state index contributed by atoms with van der Waals surface area (Å²) in [5.41, 5.74) is 3.52. The molecule has 0 saturated heterocycles. The Morgan fingerprint density at radius 1 is 1.19 bits per heavy atom. The zero-order valence-corrected chi connectivity index (χ0v) is 16.3. The number of phenolic OH excluding ortho intramolecular Hbond substituents is 1. The molecule has 0 amide bonds. The smallest absolute Gasteiger partial charge is 0.134 e. The molecule has 0 aliphatic heterocycles. The third kappa shape index (κ3) is 5.14. The molecule has 8 heteroatoms. The zero-order chi connectivity index (χ0) is 19.3. The first-order valence-electron chi connectivity index (χ1n) is 7.86. The van der Waals surface area contributed by atoms with Gasteiger partial charge in [-0.1, -0.05) is 31.5 Å². The number of hydrogen-bond donors (Lipinski definition) is 3. The standard InChI is InChI=1S/C17H16ClN3O.CH5NOS/c1-10(2)17-20-15(11-5-7-19-8-6-11)16(21-17)12-3-4-13(18)14(22)9-12;1-4(2)3/h3-10,22H,1-2H3,(H,20,21);2H2,1H3. The average molecular weight is 393 g/mol. The molecular weight excluding hydrogens is 372 g/mol. The van der Waals surface area contributed by atoms with E-state index in [9.17, 15) is 9.32 Å². The third-order valence-electron chi connectivity index (χ3n) is 3.46. The molecule has 0 aliphatic rings. The molecule has 1 atom stereocenters. The molecule has 1 unspecified atom stereocenters. The summed E-state index contributed by atoms with van der Waals surface area (Å²) in [6.45, 7) is 4.16. The Morgan fingerprint density at radius 3 is 2.35 bits per heavy atom. The van der Waals surface area contributed by atoms with Crippen molar-refractivity contribution in [1.29, 1.82) is 0 Å². The Kier molecular flexibility index (Phi) is 6.90. The quantitative estimate of drug-likeness (QED) is 0.629. The van der Waals surface area contributed by atoms with Gasteiger partial charge in [0, 0.05) is 35.7 Å². The highest BCUT2D eigenvalue weighted by Gasteiger charge is 2.16. The summed E-state index contributed by atoms with van der Waals surface area (Å²) in [6.07, 6.45) is 4.91. The SMILES string of the molecule is CC(C)c1nc(-c2ccc(Cl)c(O)c2)c(-c2ccncc2)[nH]1.CS(N)=O. The minimum absolute atomic E-state index is 0.0499. The number of aromatic amines is 1. The van der Waals surface area contributed by atoms with Gasteiger partial charge in [-0.25, -0.2) is 9.19 Å². The second kappa shape index (κ2) is 8.93. The first-order chi connectivity index (χ1) is 12.3. The van der Waals surface area contributed by atoms with E-state index in [4.69, 9.17) is 16.6 Å². The van der Waals surface area contributed by atoms with Gasteiger partial charge in [0.05, 0.1) is 27.4 Å². The molecule has 0 bridgehead atoms. The summed E-state index contributed by atoms with van der Waals surface area (Å²) < 4.78 is 9.33. The minimum Gasteiger partial charge on any atom is -0.506 e. The van der Waals surface area contributed by atoms with Crippen LogP contribution in [0.4, 0.5) is 0 Å². The predicted octanol–water partition coefficient (Wildman–Crippen LogP) is 3.86. The maximum atomic E-state index is 9.86. The number of hydrogen-bond acceptors (Lipinski definition) is 4. The van der Waals surface area contributed by atoms with Crippen LogP contribution in [-0.4, -0.2) is 30.5 Å². The maximum absolute atomic E-state index is 9.86. The van der Waals surface area contributed by atoms with E-state index in [0.717, 1.165) is 28.3 Å². The number of imidazole rings is 1. The number of phenols is 1. The number of aromatic hydroxyl groups is 1. The van der Waals surface area contributed by atoms with Gasteiger partial charge >= 0.3 is 0 Å². The van der Waals surface area contributed by atoms with Crippen molar-refractivity contribution in [2.45, 2.75) is 19.8 Å². The summed E-state index contributed by atoms with van der Waals surface area (Å²) >= 11 is 5.89. The van der Waals surface area contributed by atoms with E-state index in [0.29, 0.717) is 5.02 Å². The van der Waals surface area contributed by atoms with Crippen LogP contribution in [-0.2, 0) is 11.0 Å². The molecule has 0 fully saturated rings. The Balaban J connectivity index is 0.000000552. The van der Waals surface area contributed by atoms with Crippen molar-refractivity contribution in [2.75, 3.05) is 6.26 Å². The van der Waals surface area contributed by atoms with Gasteiger partial charge in [-0.05, 0) is 24.3 Å². The lowest BCUT2D eigenvalue weighted by Crippen LogP contribution is -1.95. The minimum atomic E-state index is -1.11. The van der Waals surface area contributed by atoms with Crippen molar-refractivity contribution >= 4 is 22.6 Å². The normalized spacial score (nSPS) is 11.8. The van der Waals surface area contributed by atoms with Gasteiger partial charge in [-0.15, -0.1) is 0 Å². The number of aromatic nitrogens is 3. The fraction of sp³-hybridized carbons (Fsp3) is 0.222. The summed E-state index contributed by atoms with van der Waals surface area (Å²) in [5.74, 6) is 1.22. The number of rotatable bonds is 3. The van der Waals surface area contributed by atoms with Gasteiger partial charge < -0.3 is 10.1 Å². The summed E-state index contributed by atoms with van der Waals surface area (Å²) in [7, 11) is -1.11. The van der Waals surface area contributed by atoms with Gasteiger partial charge in [0.15, 0.2) is 0 Å². The van der Waals surface area contributed by atoms with E-state index in [1.54, 1.807) is 24.5 Å². The molecule has 138 valence electrons. The van der Waals surface area contributed by atoms with Crippen LogP contribution in [0.3, 0.4) is 0 Å². The molecule has 0 aliphatic carbocycles. The molecule has 4 N–H and O–H groups in total. The van der Waals surface area contributed by atoms with E-state index in [1.807, 2.05) is 18.2 Å². The van der Waals surface area contributed by atoms with Crippen molar-refractivity contribution in [3.05, 3.63) is 53.6 Å². The molecule has 26 heavy (non-hydrogen) atoms. The van der Waals surface area contributed by atoms with Gasteiger partial charge in [-0.3, -0.25) is 10.1 Å². The first-order valence-corrected chi connectivity index (χ1v) is 9.86. The number of nitrogens with two attached hydrogens (primary N) is 1. The Hall–Kier alpha value is -2.22. The highest BCUT2D eigenvalue weighted by atomic mass is 35.5. The molecule has 0 spiro atoms. The van der Waals surface area contributed by atoms with Crippen LogP contribution in [0.2, 0.25) is 5.02 Å². The molecule has 3 rings (SSSR count). The van der Waals surface area contributed by atoms with E-state index < -0.39 is 11.0 Å². The topological polar surface area (TPSA) is 105 Å². The number of pyridine rings is 1. The Bertz CT molecular complexity index is 893. The summed E-state index contributed by atoms with van der Waals surface area (Å²) in [6, 6.07) is 9.01. The number of halogens is 1. The van der Waals surface area contributed by atoms with E-state index in [1.165, 1.54) is 6.26 Å². The molecule has 3 aromatic rings. The fourth-order valence-electron chi connectivity index (χ4n) is 2.26. The van der Waals surface area contributed by atoms with Crippen LogP contribution in [0.25, 0.3) is 22.5 Å². The highest BCUT2D eigenvalue weighted by molar-refractivity contribution is 7.81. The number of nitrogens with one attached hydrogen (secondary N) is 1. The lowest BCUT2D eigenvalue weighted by atomic mass is 10.1. The van der Waals surface area contributed by atoms with E-state index in [2.05, 4.69) is 29.0 Å². The number of nitrogens with zero attached hydrogens (tertiary/aromatic N) is 2. The van der Waals surface area contributed by atoms with E-state index >= 15 is 0 Å². The lowest BCUT2D eigenvalue weighted by molar-refractivity contribution is 0.476. The van der Waals surface area contributed by atoms with E-state index in [-0.39, 0.29) is 11.7 Å². The molecule has 0 saturated carbocycles. The van der Waals surface area contributed by atoms with Crippen LogP contribution in [0.5, 0.6) is 5.75 Å². The van der Waals surface area contributed by atoms with Crippen LogP contribution in [0, 0.1) is 0 Å². The molecule has 2 heterocycles. The van der Waals surface area contributed by atoms with Crippen LogP contribution < -0.4 is 5.14 Å². The summed E-state index contributed by atoms with van der Waals surface area (Å²) in [5, 5.41) is 14.8. The van der Waals surface area contributed by atoms with Crippen molar-refractivity contribution in [1.82, 2.24) is 15.0 Å². The molecule has 2 aromatic heterocycles. The number of benzene rings is 1. The van der Waals surface area contributed by atoms with Gasteiger partial charge in [0.1, 0.15) is 11.6 Å². The van der Waals surface area contributed by atoms with Crippen molar-refractivity contribution in [3.63, 3.8) is 0 Å².